The van der Waals surface area contributed by atoms with Crippen LogP contribution in [0.2, 0.25) is 0 Å². The highest BCUT2D eigenvalue weighted by Crippen LogP contribution is 2.12. The lowest BCUT2D eigenvalue weighted by Gasteiger charge is -2.23. The van der Waals surface area contributed by atoms with Crippen molar-refractivity contribution in [3.05, 3.63) is 35.1 Å². The number of nitrogens with one attached hydrogen (secondary N) is 2. The Labute approximate surface area is 119 Å². The molecule has 1 atom stereocenters. The molecule has 1 aliphatic heterocycles. The maximum absolute atomic E-state index is 13.0. The van der Waals surface area contributed by atoms with Gasteiger partial charge in [0.2, 0.25) is 10.0 Å². The average molecular weight is 300 g/mol. The molecule has 1 aliphatic rings. The van der Waals surface area contributed by atoms with Crippen LogP contribution in [-0.4, -0.2) is 33.3 Å². The minimum absolute atomic E-state index is 0.264. The normalized spacial score (nSPS) is 20.0. The SMILES string of the molecule is Cc1cc(F)ccc1CCNS(=O)(=O)C1CCCNC1. The molecule has 1 aromatic carbocycles. The van der Waals surface area contributed by atoms with Crippen LogP contribution in [0.15, 0.2) is 18.2 Å². The van der Waals surface area contributed by atoms with E-state index >= 15 is 0 Å². The van der Waals surface area contributed by atoms with E-state index in [9.17, 15) is 12.8 Å². The Bertz CT molecular complexity index is 554. The van der Waals surface area contributed by atoms with Crippen LogP contribution in [0.5, 0.6) is 0 Å². The Morgan fingerprint density at radius 1 is 1.45 bits per heavy atom. The summed E-state index contributed by atoms with van der Waals surface area (Å²) in [6, 6.07) is 4.58. The monoisotopic (exact) mass is 300 g/mol. The fourth-order valence-corrected chi connectivity index (χ4v) is 3.91. The molecule has 0 aliphatic carbocycles. The van der Waals surface area contributed by atoms with Gasteiger partial charge in [-0.25, -0.2) is 17.5 Å². The lowest BCUT2D eigenvalue weighted by molar-refractivity contribution is 0.490. The molecule has 2 rings (SSSR count). The van der Waals surface area contributed by atoms with Crippen LogP contribution in [-0.2, 0) is 16.4 Å². The zero-order valence-corrected chi connectivity index (χ0v) is 12.5. The third-order valence-corrected chi connectivity index (χ3v) is 5.58. The second-order valence-corrected chi connectivity index (χ2v) is 7.27. The van der Waals surface area contributed by atoms with Gasteiger partial charge in [-0.15, -0.1) is 0 Å². The van der Waals surface area contributed by atoms with Gasteiger partial charge in [-0.2, -0.15) is 0 Å². The lowest BCUT2D eigenvalue weighted by atomic mass is 10.1. The molecule has 0 saturated carbocycles. The van der Waals surface area contributed by atoms with Crippen molar-refractivity contribution in [2.75, 3.05) is 19.6 Å². The topological polar surface area (TPSA) is 58.2 Å². The van der Waals surface area contributed by atoms with Crippen molar-refractivity contribution in [3.63, 3.8) is 0 Å². The molecule has 1 heterocycles. The number of benzene rings is 1. The molecule has 1 saturated heterocycles. The van der Waals surface area contributed by atoms with Crippen molar-refractivity contribution in [3.8, 4) is 0 Å². The van der Waals surface area contributed by atoms with Gasteiger partial charge in [0.25, 0.3) is 0 Å². The Morgan fingerprint density at radius 2 is 2.25 bits per heavy atom. The van der Waals surface area contributed by atoms with Gasteiger partial charge in [-0.05, 0) is 56.0 Å². The van der Waals surface area contributed by atoms with E-state index in [4.69, 9.17) is 0 Å². The first-order valence-corrected chi connectivity index (χ1v) is 8.48. The number of aryl methyl sites for hydroxylation is 1. The third-order valence-electron chi connectivity index (χ3n) is 3.69. The maximum atomic E-state index is 13.0. The predicted molar refractivity (Wildman–Crippen MR) is 77.7 cm³/mol. The van der Waals surface area contributed by atoms with E-state index in [0.29, 0.717) is 25.9 Å². The molecule has 1 fully saturated rings. The van der Waals surface area contributed by atoms with E-state index < -0.39 is 10.0 Å². The second-order valence-electron chi connectivity index (χ2n) is 5.23. The number of halogens is 1. The molecule has 0 bridgehead atoms. The first-order valence-electron chi connectivity index (χ1n) is 6.93. The summed E-state index contributed by atoms with van der Waals surface area (Å²) in [5, 5.41) is 2.76. The van der Waals surface area contributed by atoms with E-state index in [-0.39, 0.29) is 11.1 Å². The van der Waals surface area contributed by atoms with Crippen molar-refractivity contribution in [1.82, 2.24) is 10.0 Å². The van der Waals surface area contributed by atoms with E-state index in [2.05, 4.69) is 10.0 Å². The molecule has 6 heteroatoms. The van der Waals surface area contributed by atoms with Gasteiger partial charge in [0, 0.05) is 13.1 Å². The summed E-state index contributed by atoms with van der Waals surface area (Å²) in [7, 11) is -3.26. The number of sulfonamides is 1. The van der Waals surface area contributed by atoms with E-state index in [0.717, 1.165) is 24.1 Å². The fourth-order valence-electron chi connectivity index (χ4n) is 2.47. The van der Waals surface area contributed by atoms with Crippen LogP contribution >= 0.6 is 0 Å². The van der Waals surface area contributed by atoms with Gasteiger partial charge >= 0.3 is 0 Å². The highest BCUT2D eigenvalue weighted by Gasteiger charge is 2.26. The van der Waals surface area contributed by atoms with Crippen LogP contribution in [0.1, 0.15) is 24.0 Å². The molecule has 4 nitrogen and oxygen atoms in total. The van der Waals surface area contributed by atoms with Gasteiger partial charge in [-0.3, -0.25) is 0 Å². The highest BCUT2D eigenvalue weighted by atomic mass is 32.2. The lowest BCUT2D eigenvalue weighted by Crippen LogP contribution is -2.44. The van der Waals surface area contributed by atoms with E-state index in [1.165, 1.54) is 12.1 Å². The van der Waals surface area contributed by atoms with Crippen LogP contribution in [0.4, 0.5) is 4.39 Å². The molecule has 0 radical (unpaired) electrons. The minimum Gasteiger partial charge on any atom is -0.315 e. The largest absolute Gasteiger partial charge is 0.315 e. The third kappa shape index (κ3) is 4.01. The Kier molecular flexibility index (Phi) is 5.12. The quantitative estimate of drug-likeness (QED) is 0.863. The van der Waals surface area contributed by atoms with Crippen LogP contribution in [0, 0.1) is 12.7 Å². The summed E-state index contributed by atoms with van der Waals surface area (Å²) in [5.41, 5.74) is 1.82. The summed E-state index contributed by atoms with van der Waals surface area (Å²) in [5.74, 6) is -0.264. The van der Waals surface area contributed by atoms with Crippen LogP contribution < -0.4 is 10.0 Å². The molecular formula is C14H21FN2O2S. The van der Waals surface area contributed by atoms with E-state index in [1.54, 1.807) is 6.07 Å². The molecule has 0 amide bonds. The second kappa shape index (κ2) is 6.65. The zero-order valence-electron chi connectivity index (χ0n) is 11.7. The average Bonchev–Trinajstić information content (AvgIpc) is 2.42. The molecule has 1 unspecified atom stereocenters. The van der Waals surface area contributed by atoms with Gasteiger partial charge in [-0.1, -0.05) is 6.07 Å². The van der Waals surface area contributed by atoms with Crippen molar-refractivity contribution >= 4 is 10.0 Å². The number of hydrogen-bond acceptors (Lipinski definition) is 3. The molecule has 2 N–H and O–H groups in total. The highest BCUT2D eigenvalue weighted by molar-refractivity contribution is 7.90. The van der Waals surface area contributed by atoms with Crippen molar-refractivity contribution in [1.29, 1.82) is 0 Å². The molecule has 20 heavy (non-hydrogen) atoms. The number of rotatable bonds is 5. The summed E-state index contributed by atoms with van der Waals surface area (Å²) in [6.45, 7) is 3.59. The Hall–Kier alpha value is -0.980. The molecule has 0 spiro atoms. The molecule has 112 valence electrons. The van der Waals surface area contributed by atoms with Crippen LogP contribution in [0.25, 0.3) is 0 Å². The minimum atomic E-state index is -3.26. The molecule has 0 aromatic heterocycles. The van der Waals surface area contributed by atoms with Crippen molar-refractivity contribution in [2.24, 2.45) is 0 Å². The van der Waals surface area contributed by atoms with Gasteiger partial charge < -0.3 is 5.32 Å². The summed E-state index contributed by atoms with van der Waals surface area (Å²) in [4.78, 5) is 0. The Balaban J connectivity index is 1.88. The fraction of sp³-hybridized carbons (Fsp3) is 0.571. The molecular weight excluding hydrogens is 279 g/mol. The smallest absolute Gasteiger partial charge is 0.215 e. The molecule has 1 aromatic rings. The standard InChI is InChI=1S/C14H21FN2O2S/c1-11-9-13(15)5-4-12(11)6-8-17-20(18,19)14-3-2-7-16-10-14/h4-5,9,14,16-17H,2-3,6-8,10H2,1H3. The predicted octanol–water partition coefficient (Wildman–Crippen LogP) is 1.35. The van der Waals surface area contributed by atoms with E-state index in [1.807, 2.05) is 6.92 Å². The van der Waals surface area contributed by atoms with Gasteiger partial charge in [0.1, 0.15) is 5.82 Å². The van der Waals surface area contributed by atoms with Gasteiger partial charge in [0.15, 0.2) is 0 Å². The zero-order chi connectivity index (χ0) is 14.6. The summed E-state index contributed by atoms with van der Waals surface area (Å²) < 4.78 is 39.8. The Morgan fingerprint density at radius 3 is 2.90 bits per heavy atom. The summed E-state index contributed by atoms with van der Waals surface area (Å²) >= 11 is 0. The van der Waals surface area contributed by atoms with Gasteiger partial charge in [0.05, 0.1) is 5.25 Å². The maximum Gasteiger partial charge on any atom is 0.215 e. The van der Waals surface area contributed by atoms with Crippen molar-refractivity contribution < 1.29 is 12.8 Å². The van der Waals surface area contributed by atoms with Crippen molar-refractivity contribution in [2.45, 2.75) is 31.4 Å². The summed E-state index contributed by atoms with van der Waals surface area (Å²) in [6.07, 6.45) is 2.17. The van der Waals surface area contributed by atoms with Crippen LogP contribution in [0.3, 0.4) is 0 Å². The first kappa shape index (κ1) is 15.4. The first-order chi connectivity index (χ1) is 9.49. The number of hydrogen-bond donors (Lipinski definition) is 2. The number of piperidine rings is 1.